The maximum atomic E-state index is 13.3. The van der Waals surface area contributed by atoms with Gasteiger partial charge in [-0.25, -0.2) is 9.18 Å². The number of piperidine rings is 2. The third-order valence-electron chi connectivity index (χ3n) is 7.01. The van der Waals surface area contributed by atoms with Gasteiger partial charge in [0.15, 0.2) is 0 Å². The van der Waals surface area contributed by atoms with Crippen LogP contribution in [0.15, 0.2) is 24.3 Å². The molecule has 164 valence electrons. The second kappa shape index (κ2) is 8.92. The number of amides is 2. The number of nitrogens with zero attached hydrogens (tertiary/aromatic N) is 3. The Morgan fingerprint density at radius 1 is 1.03 bits per heavy atom. The van der Waals surface area contributed by atoms with Crippen molar-refractivity contribution < 1.29 is 18.7 Å². The zero-order chi connectivity index (χ0) is 21.3. The zero-order valence-electron chi connectivity index (χ0n) is 17.9. The molecular weight excluding hydrogens is 385 g/mol. The Kier molecular flexibility index (Phi) is 6.27. The summed E-state index contributed by atoms with van der Waals surface area (Å²) in [6, 6.07) is 7.40. The molecule has 0 aliphatic carbocycles. The van der Waals surface area contributed by atoms with Crippen molar-refractivity contribution in [3.05, 3.63) is 30.1 Å². The van der Waals surface area contributed by atoms with Crippen molar-refractivity contribution in [1.29, 1.82) is 0 Å². The fraction of sp³-hybridized carbons (Fsp3) is 0.652. The number of likely N-dealkylation sites (tertiary alicyclic amines) is 1. The lowest BCUT2D eigenvalue weighted by molar-refractivity contribution is -0.117. The first-order valence-electron chi connectivity index (χ1n) is 11.2. The van der Waals surface area contributed by atoms with Gasteiger partial charge in [-0.15, -0.1) is 0 Å². The van der Waals surface area contributed by atoms with Crippen molar-refractivity contribution in [3.8, 4) is 0 Å². The van der Waals surface area contributed by atoms with Crippen molar-refractivity contribution in [2.75, 3.05) is 24.6 Å². The monoisotopic (exact) mass is 417 g/mol. The summed E-state index contributed by atoms with van der Waals surface area (Å²) in [4.78, 5) is 31.0. The molecule has 6 nitrogen and oxygen atoms in total. The minimum absolute atomic E-state index is 0.000785. The largest absolute Gasteiger partial charge is 0.450 e. The number of ether oxygens (including phenoxy) is 1. The number of hydrogen-bond donors (Lipinski definition) is 0. The number of hydrogen-bond acceptors (Lipinski definition) is 4. The highest BCUT2D eigenvalue weighted by Crippen LogP contribution is 2.39. The van der Waals surface area contributed by atoms with Crippen LogP contribution in [0.4, 0.5) is 14.9 Å². The number of fused-ring (bicyclic) bond motifs is 2. The summed E-state index contributed by atoms with van der Waals surface area (Å²) >= 11 is 0. The van der Waals surface area contributed by atoms with E-state index in [1.54, 1.807) is 19.1 Å². The van der Waals surface area contributed by atoms with Gasteiger partial charge in [0.25, 0.3) is 0 Å². The van der Waals surface area contributed by atoms with E-state index in [-0.39, 0.29) is 23.9 Å². The molecule has 1 aromatic rings. The molecule has 0 aromatic heterocycles. The summed E-state index contributed by atoms with van der Waals surface area (Å²) in [6.45, 7) is 5.75. The van der Waals surface area contributed by atoms with Gasteiger partial charge in [0.1, 0.15) is 5.82 Å². The van der Waals surface area contributed by atoms with E-state index < -0.39 is 0 Å². The second-order valence-corrected chi connectivity index (χ2v) is 8.75. The number of rotatable bonds is 4. The lowest BCUT2D eigenvalue weighted by atomic mass is 9.93. The third-order valence-corrected chi connectivity index (χ3v) is 7.01. The van der Waals surface area contributed by atoms with E-state index in [0.717, 1.165) is 57.3 Å². The SMILES string of the molecule is CCOC(=O)N1C2CCC1CC(N1CCC(N(C(C)=O)c3ccc(F)cc3)CC1)C2. The van der Waals surface area contributed by atoms with Gasteiger partial charge in [0.2, 0.25) is 5.91 Å². The molecule has 3 heterocycles. The van der Waals surface area contributed by atoms with Crippen LogP contribution in [0.2, 0.25) is 0 Å². The number of carbonyl (C=O) groups excluding carboxylic acids is 2. The fourth-order valence-electron chi connectivity index (χ4n) is 5.70. The average molecular weight is 418 g/mol. The van der Waals surface area contributed by atoms with Crippen LogP contribution < -0.4 is 4.90 Å². The molecule has 0 spiro atoms. The molecule has 3 aliphatic rings. The number of halogens is 1. The summed E-state index contributed by atoms with van der Waals surface area (Å²) in [5, 5.41) is 0. The molecule has 1 aromatic carbocycles. The Morgan fingerprint density at radius 3 is 2.17 bits per heavy atom. The van der Waals surface area contributed by atoms with Gasteiger partial charge in [-0.1, -0.05) is 0 Å². The molecule has 3 aliphatic heterocycles. The second-order valence-electron chi connectivity index (χ2n) is 8.75. The first-order chi connectivity index (χ1) is 14.5. The maximum absolute atomic E-state index is 13.3. The standard InChI is InChI=1S/C23H32FN3O3/c1-3-30-23(29)27-20-8-9-21(27)15-22(14-20)25-12-10-19(11-13-25)26(16(2)28)18-6-4-17(24)5-7-18/h4-7,19-22H,3,8-15H2,1-2H3. The number of benzene rings is 1. The fourth-order valence-corrected chi connectivity index (χ4v) is 5.70. The highest BCUT2D eigenvalue weighted by Gasteiger charge is 2.45. The van der Waals surface area contributed by atoms with E-state index in [9.17, 15) is 14.0 Å². The topological polar surface area (TPSA) is 53.1 Å². The van der Waals surface area contributed by atoms with Gasteiger partial charge < -0.3 is 19.4 Å². The van der Waals surface area contributed by atoms with Crippen molar-refractivity contribution in [3.63, 3.8) is 0 Å². The molecular formula is C23H32FN3O3. The molecule has 2 atom stereocenters. The van der Waals surface area contributed by atoms with Crippen molar-refractivity contribution in [1.82, 2.24) is 9.80 Å². The Morgan fingerprint density at radius 2 is 1.63 bits per heavy atom. The van der Waals surface area contributed by atoms with Crippen LogP contribution in [-0.2, 0) is 9.53 Å². The van der Waals surface area contributed by atoms with Gasteiger partial charge in [-0.3, -0.25) is 4.79 Å². The minimum atomic E-state index is -0.291. The molecule has 2 bridgehead atoms. The van der Waals surface area contributed by atoms with Crippen LogP contribution in [0.5, 0.6) is 0 Å². The van der Waals surface area contributed by atoms with Crippen molar-refractivity contribution >= 4 is 17.7 Å². The van der Waals surface area contributed by atoms with Crippen LogP contribution in [0.25, 0.3) is 0 Å². The summed E-state index contributed by atoms with van der Waals surface area (Å²) in [7, 11) is 0. The molecule has 30 heavy (non-hydrogen) atoms. The quantitative estimate of drug-likeness (QED) is 0.748. The van der Waals surface area contributed by atoms with Gasteiger partial charge >= 0.3 is 6.09 Å². The van der Waals surface area contributed by atoms with Crippen LogP contribution >= 0.6 is 0 Å². The van der Waals surface area contributed by atoms with Crippen LogP contribution in [0, 0.1) is 5.82 Å². The Hall–Kier alpha value is -2.15. The van der Waals surface area contributed by atoms with Crippen LogP contribution in [-0.4, -0.2) is 65.7 Å². The highest BCUT2D eigenvalue weighted by atomic mass is 19.1. The van der Waals surface area contributed by atoms with Crippen molar-refractivity contribution in [2.45, 2.75) is 76.5 Å². The van der Waals surface area contributed by atoms with E-state index >= 15 is 0 Å². The minimum Gasteiger partial charge on any atom is -0.450 e. The summed E-state index contributed by atoms with van der Waals surface area (Å²) < 4.78 is 18.6. The highest BCUT2D eigenvalue weighted by molar-refractivity contribution is 5.92. The summed E-state index contributed by atoms with van der Waals surface area (Å²) in [6.07, 6.45) is 5.81. The average Bonchev–Trinajstić information content (AvgIpc) is 3.00. The van der Waals surface area contributed by atoms with E-state index in [4.69, 9.17) is 4.74 Å². The van der Waals surface area contributed by atoms with Gasteiger partial charge in [0, 0.05) is 49.9 Å². The van der Waals surface area contributed by atoms with Crippen LogP contribution in [0.3, 0.4) is 0 Å². The van der Waals surface area contributed by atoms with Crippen LogP contribution in [0.1, 0.15) is 52.4 Å². The molecule has 7 heteroatoms. The maximum Gasteiger partial charge on any atom is 0.410 e. The van der Waals surface area contributed by atoms with Gasteiger partial charge in [-0.05, 0) is 69.7 Å². The first-order valence-corrected chi connectivity index (χ1v) is 11.2. The zero-order valence-corrected chi connectivity index (χ0v) is 17.9. The molecule has 0 N–H and O–H groups in total. The Labute approximate surface area is 177 Å². The molecule has 0 radical (unpaired) electrons. The predicted octanol–water partition coefficient (Wildman–Crippen LogP) is 3.79. The molecule has 0 saturated carbocycles. The molecule has 3 saturated heterocycles. The van der Waals surface area contributed by atoms with Gasteiger partial charge in [0.05, 0.1) is 6.61 Å². The lowest BCUT2D eigenvalue weighted by Gasteiger charge is -2.46. The smallest absolute Gasteiger partial charge is 0.410 e. The summed E-state index contributed by atoms with van der Waals surface area (Å²) in [5.74, 6) is -0.290. The molecule has 4 rings (SSSR count). The predicted molar refractivity (Wildman–Crippen MR) is 113 cm³/mol. The normalized spacial score (nSPS) is 27.2. The van der Waals surface area contributed by atoms with E-state index in [1.807, 2.05) is 16.7 Å². The number of carbonyl (C=O) groups is 2. The van der Waals surface area contributed by atoms with E-state index in [0.29, 0.717) is 24.7 Å². The van der Waals surface area contributed by atoms with E-state index in [2.05, 4.69) is 4.90 Å². The Balaban J connectivity index is 1.36. The lowest BCUT2D eigenvalue weighted by Crippen LogP contribution is -2.55. The van der Waals surface area contributed by atoms with E-state index in [1.165, 1.54) is 12.1 Å². The molecule has 3 fully saturated rings. The molecule has 2 unspecified atom stereocenters. The number of anilines is 1. The first kappa shape index (κ1) is 21.1. The van der Waals surface area contributed by atoms with Gasteiger partial charge in [-0.2, -0.15) is 0 Å². The Bertz CT molecular complexity index is 749. The molecule has 2 amide bonds. The third kappa shape index (κ3) is 4.17. The summed E-state index contributed by atoms with van der Waals surface area (Å²) in [5.41, 5.74) is 0.767. The van der Waals surface area contributed by atoms with Crippen molar-refractivity contribution in [2.24, 2.45) is 0 Å².